The molecule has 2 aliphatic rings. The summed E-state index contributed by atoms with van der Waals surface area (Å²) in [7, 11) is 0. The maximum atomic E-state index is 14.2. The summed E-state index contributed by atoms with van der Waals surface area (Å²) in [6.45, 7) is -0.158. The summed E-state index contributed by atoms with van der Waals surface area (Å²) >= 11 is 0. The van der Waals surface area contributed by atoms with Crippen molar-refractivity contribution in [1.82, 2.24) is 5.32 Å². The van der Waals surface area contributed by atoms with Crippen LogP contribution in [0.5, 0.6) is 0 Å². The van der Waals surface area contributed by atoms with E-state index in [1.165, 1.54) is 0 Å². The number of alkyl halides is 2. The highest BCUT2D eigenvalue weighted by molar-refractivity contribution is 6.04. The molecule has 0 radical (unpaired) electrons. The number of carbonyl (C=O) groups excluding carboxylic acids is 1. The standard InChI is InChI=1S/C18H15F4NO3/c1-7(20)14-9(4-8(21)5-10(14)22)15-16-11(2-3-13(16)24)23-12(6-19)17(15)18(25)26/h4-5,7,15,23H,2-3,6H2,1H3,(H,25,26)/t7-,15?/m1/s1. The Bertz CT molecular complexity index is 873. The van der Waals surface area contributed by atoms with Crippen molar-refractivity contribution in [3.05, 3.63) is 57.4 Å². The second-order valence-corrected chi connectivity index (χ2v) is 6.21. The van der Waals surface area contributed by atoms with Gasteiger partial charge in [-0.05, 0) is 25.0 Å². The van der Waals surface area contributed by atoms with Crippen molar-refractivity contribution >= 4 is 11.8 Å². The number of carbonyl (C=O) groups is 2. The minimum atomic E-state index is -1.88. The number of rotatable bonds is 4. The van der Waals surface area contributed by atoms with Crippen LogP contribution in [0.25, 0.3) is 0 Å². The lowest BCUT2D eigenvalue weighted by Gasteiger charge is -2.30. The lowest BCUT2D eigenvalue weighted by Crippen LogP contribution is -2.31. The molecule has 2 N–H and O–H groups in total. The smallest absolute Gasteiger partial charge is 0.334 e. The maximum Gasteiger partial charge on any atom is 0.334 e. The molecule has 4 nitrogen and oxygen atoms in total. The van der Waals surface area contributed by atoms with E-state index in [1.54, 1.807) is 0 Å². The highest BCUT2D eigenvalue weighted by atomic mass is 19.1. The molecule has 26 heavy (non-hydrogen) atoms. The third kappa shape index (κ3) is 2.79. The van der Waals surface area contributed by atoms with Gasteiger partial charge in [0, 0.05) is 35.2 Å². The van der Waals surface area contributed by atoms with E-state index >= 15 is 0 Å². The molecule has 2 atom stereocenters. The van der Waals surface area contributed by atoms with E-state index < -0.39 is 53.3 Å². The molecule has 138 valence electrons. The molecule has 1 heterocycles. The SMILES string of the molecule is C[C@@H](F)c1c(F)cc(F)cc1C1C(C(=O)O)=C(CF)NC2=C1C(=O)CC2. The highest BCUT2D eigenvalue weighted by Crippen LogP contribution is 2.46. The first-order valence-electron chi connectivity index (χ1n) is 7.94. The molecule has 0 amide bonds. The first-order valence-corrected chi connectivity index (χ1v) is 7.94. The van der Waals surface area contributed by atoms with Gasteiger partial charge in [0.1, 0.15) is 24.5 Å². The average Bonchev–Trinajstić information content (AvgIpc) is 2.92. The summed E-state index contributed by atoms with van der Waals surface area (Å²) in [5.41, 5.74) is -1.41. The van der Waals surface area contributed by atoms with Crippen LogP contribution in [0.3, 0.4) is 0 Å². The van der Waals surface area contributed by atoms with Crippen LogP contribution in [0.1, 0.15) is 43.0 Å². The highest BCUT2D eigenvalue weighted by Gasteiger charge is 2.42. The number of ketones is 1. The fourth-order valence-electron chi connectivity index (χ4n) is 3.64. The summed E-state index contributed by atoms with van der Waals surface area (Å²) in [4.78, 5) is 24.1. The van der Waals surface area contributed by atoms with Crippen LogP contribution in [0.15, 0.2) is 34.7 Å². The molecule has 1 aliphatic heterocycles. The molecule has 0 bridgehead atoms. The van der Waals surface area contributed by atoms with E-state index in [0.29, 0.717) is 11.8 Å². The van der Waals surface area contributed by atoms with Gasteiger partial charge in [-0.2, -0.15) is 0 Å². The zero-order valence-corrected chi connectivity index (χ0v) is 13.7. The van der Waals surface area contributed by atoms with E-state index in [-0.39, 0.29) is 29.7 Å². The number of hydrogen-bond acceptors (Lipinski definition) is 3. The van der Waals surface area contributed by atoms with E-state index in [9.17, 15) is 32.3 Å². The minimum absolute atomic E-state index is 0.00787. The Hall–Kier alpha value is -2.64. The van der Waals surface area contributed by atoms with Crippen molar-refractivity contribution in [2.75, 3.05) is 6.67 Å². The topological polar surface area (TPSA) is 66.4 Å². The van der Waals surface area contributed by atoms with Gasteiger partial charge in [0.25, 0.3) is 0 Å². The van der Waals surface area contributed by atoms with Crippen LogP contribution in [0.4, 0.5) is 17.6 Å². The number of aliphatic carboxylic acids is 1. The molecular weight excluding hydrogens is 354 g/mol. The first kappa shape index (κ1) is 18.2. The lowest BCUT2D eigenvalue weighted by molar-refractivity contribution is -0.133. The Morgan fingerprint density at radius 3 is 2.62 bits per heavy atom. The maximum absolute atomic E-state index is 14.2. The molecule has 1 aliphatic carbocycles. The van der Waals surface area contributed by atoms with Gasteiger partial charge in [0.05, 0.1) is 11.3 Å². The molecule has 0 saturated carbocycles. The van der Waals surface area contributed by atoms with Crippen molar-refractivity contribution in [3.8, 4) is 0 Å². The summed E-state index contributed by atoms with van der Waals surface area (Å²) in [6, 6.07) is 1.29. The second kappa shape index (κ2) is 6.59. The van der Waals surface area contributed by atoms with E-state index in [1.807, 2.05) is 0 Å². The molecule has 0 spiro atoms. The monoisotopic (exact) mass is 369 g/mol. The van der Waals surface area contributed by atoms with Crippen molar-refractivity contribution in [3.63, 3.8) is 0 Å². The molecule has 8 heteroatoms. The number of halogens is 4. The summed E-state index contributed by atoms with van der Waals surface area (Å²) in [5.74, 6) is -5.64. The number of carboxylic acid groups (broad SMARTS) is 1. The quantitative estimate of drug-likeness (QED) is 0.796. The number of carboxylic acids is 1. The average molecular weight is 369 g/mol. The second-order valence-electron chi connectivity index (χ2n) is 6.21. The molecule has 1 unspecified atom stereocenters. The number of hydrogen-bond donors (Lipinski definition) is 2. The van der Waals surface area contributed by atoms with Crippen LogP contribution in [0.2, 0.25) is 0 Å². The van der Waals surface area contributed by atoms with Crippen molar-refractivity contribution < 1.29 is 32.3 Å². The summed E-state index contributed by atoms with van der Waals surface area (Å²) in [6.07, 6.45) is -1.61. The number of nitrogens with one attached hydrogen (secondary N) is 1. The molecule has 0 aromatic heterocycles. The van der Waals surface area contributed by atoms with Gasteiger partial charge in [-0.1, -0.05) is 0 Å². The fourth-order valence-corrected chi connectivity index (χ4v) is 3.64. The van der Waals surface area contributed by atoms with E-state index in [4.69, 9.17) is 0 Å². The van der Waals surface area contributed by atoms with Gasteiger partial charge in [0.2, 0.25) is 0 Å². The zero-order valence-electron chi connectivity index (χ0n) is 13.7. The fraction of sp³-hybridized carbons (Fsp3) is 0.333. The Morgan fingerprint density at radius 1 is 1.35 bits per heavy atom. The number of allylic oxidation sites excluding steroid dienone is 3. The third-order valence-corrected chi connectivity index (χ3v) is 4.63. The lowest BCUT2D eigenvalue weighted by atomic mass is 9.77. The van der Waals surface area contributed by atoms with E-state index in [2.05, 4.69) is 5.32 Å². The molecule has 0 fully saturated rings. The largest absolute Gasteiger partial charge is 0.478 e. The molecule has 1 aromatic carbocycles. The number of benzene rings is 1. The van der Waals surface area contributed by atoms with Crippen molar-refractivity contribution in [1.29, 1.82) is 0 Å². The van der Waals surface area contributed by atoms with Crippen LogP contribution >= 0.6 is 0 Å². The molecule has 0 saturated heterocycles. The third-order valence-electron chi connectivity index (χ3n) is 4.63. The Labute approximate surface area is 146 Å². The van der Waals surface area contributed by atoms with Gasteiger partial charge in [0.15, 0.2) is 5.78 Å². The Kier molecular flexibility index (Phi) is 4.60. The predicted octanol–water partition coefficient (Wildman–Crippen LogP) is 3.61. The molecule has 3 rings (SSSR count). The normalized spacial score (nSPS) is 21.0. The van der Waals surface area contributed by atoms with Crippen molar-refractivity contribution in [2.45, 2.75) is 31.9 Å². The zero-order chi connectivity index (χ0) is 19.2. The van der Waals surface area contributed by atoms with Crippen LogP contribution in [-0.4, -0.2) is 23.5 Å². The molecule has 1 aromatic rings. The van der Waals surface area contributed by atoms with Gasteiger partial charge in [-0.15, -0.1) is 0 Å². The first-order chi connectivity index (χ1) is 12.3. The van der Waals surface area contributed by atoms with Gasteiger partial charge in [-0.25, -0.2) is 22.4 Å². The predicted molar refractivity (Wildman–Crippen MR) is 83.7 cm³/mol. The number of Topliss-reactive ketones (excluding diaryl/α,β-unsaturated/α-hetero) is 1. The van der Waals surface area contributed by atoms with Crippen LogP contribution in [-0.2, 0) is 9.59 Å². The van der Waals surface area contributed by atoms with Gasteiger partial charge < -0.3 is 10.4 Å². The number of dihydropyridines is 1. The van der Waals surface area contributed by atoms with Gasteiger partial charge in [-0.3, -0.25) is 4.79 Å². The summed E-state index contributed by atoms with van der Waals surface area (Å²) < 4.78 is 55.6. The van der Waals surface area contributed by atoms with Crippen LogP contribution in [0, 0.1) is 11.6 Å². The van der Waals surface area contributed by atoms with Gasteiger partial charge >= 0.3 is 5.97 Å². The molecular formula is C18H15F4NO3. The van der Waals surface area contributed by atoms with Crippen molar-refractivity contribution in [2.24, 2.45) is 0 Å². The summed E-state index contributed by atoms with van der Waals surface area (Å²) in [5, 5.41) is 12.2. The van der Waals surface area contributed by atoms with Crippen LogP contribution < -0.4 is 5.32 Å². The van der Waals surface area contributed by atoms with E-state index in [0.717, 1.165) is 13.0 Å². The Balaban J connectivity index is 2.35. The minimum Gasteiger partial charge on any atom is -0.478 e. The Morgan fingerprint density at radius 2 is 2.04 bits per heavy atom.